The Balaban J connectivity index is 2.08. The molecule has 5 nitrogen and oxygen atoms in total. The van der Waals surface area contributed by atoms with E-state index in [1.54, 1.807) is 15.9 Å². The lowest BCUT2D eigenvalue weighted by molar-refractivity contribution is -0.128. The molecule has 1 heterocycles. The Kier molecular flexibility index (Phi) is 6.55. The highest BCUT2D eigenvalue weighted by atomic mass is 32.2. The van der Waals surface area contributed by atoms with Crippen LogP contribution in [0.2, 0.25) is 0 Å². The number of nitrogens with zero attached hydrogens (tertiary/aromatic N) is 2. The number of hydrogen-bond acceptors (Lipinski definition) is 3. The van der Waals surface area contributed by atoms with Crippen molar-refractivity contribution in [3.05, 3.63) is 35.6 Å². The summed E-state index contributed by atoms with van der Waals surface area (Å²) >= 11 is 1.49. The quantitative estimate of drug-likeness (QED) is 0.848. The van der Waals surface area contributed by atoms with Crippen molar-refractivity contribution in [2.45, 2.75) is 51.6 Å². The van der Waals surface area contributed by atoms with Crippen molar-refractivity contribution in [2.24, 2.45) is 0 Å². The number of halogens is 1. The molecular weight excluding hydrogens is 353 g/mol. The second-order valence-electron chi connectivity index (χ2n) is 7.77. The van der Waals surface area contributed by atoms with Gasteiger partial charge in [-0.1, -0.05) is 12.1 Å². The average molecular weight is 382 g/mol. The molecule has 26 heavy (non-hydrogen) atoms. The molecule has 1 aromatic carbocycles. The Morgan fingerprint density at radius 2 is 2.12 bits per heavy atom. The van der Waals surface area contributed by atoms with Gasteiger partial charge in [-0.15, -0.1) is 11.8 Å². The Bertz CT molecular complexity index is 660. The van der Waals surface area contributed by atoms with Gasteiger partial charge in [0.1, 0.15) is 11.2 Å². The lowest BCUT2D eigenvalue weighted by atomic mass is 10.1. The van der Waals surface area contributed by atoms with Crippen LogP contribution >= 0.6 is 11.8 Å². The predicted molar refractivity (Wildman–Crippen MR) is 103 cm³/mol. The molecule has 0 bridgehead atoms. The maximum Gasteiger partial charge on any atom is 0.318 e. The Morgan fingerprint density at radius 3 is 2.69 bits per heavy atom. The van der Waals surface area contributed by atoms with E-state index in [-0.39, 0.29) is 34.7 Å². The third kappa shape index (κ3) is 5.37. The van der Waals surface area contributed by atoms with Gasteiger partial charge in [0, 0.05) is 24.7 Å². The SMILES string of the molecule is CC(C)N(CCN1C(=O)CS[C@@H]1c1cccc(F)c1)C(=O)NC(C)(C)C. The average Bonchev–Trinajstić information content (AvgIpc) is 2.86. The Morgan fingerprint density at radius 1 is 1.42 bits per heavy atom. The molecule has 0 radical (unpaired) electrons. The summed E-state index contributed by atoms with van der Waals surface area (Å²) in [5, 5.41) is 2.76. The summed E-state index contributed by atoms with van der Waals surface area (Å²) in [5.74, 6) is 0.0804. The second kappa shape index (κ2) is 8.29. The fourth-order valence-corrected chi connectivity index (χ4v) is 4.04. The lowest BCUT2D eigenvalue weighted by Gasteiger charge is -2.33. The highest BCUT2D eigenvalue weighted by Crippen LogP contribution is 2.38. The van der Waals surface area contributed by atoms with E-state index >= 15 is 0 Å². The summed E-state index contributed by atoms with van der Waals surface area (Å²) < 4.78 is 13.6. The summed E-state index contributed by atoms with van der Waals surface area (Å²) in [7, 11) is 0. The van der Waals surface area contributed by atoms with E-state index in [4.69, 9.17) is 0 Å². The molecule has 2 rings (SSSR count). The molecule has 0 unspecified atom stereocenters. The van der Waals surface area contributed by atoms with Crippen LogP contribution in [0, 0.1) is 5.82 Å². The van der Waals surface area contributed by atoms with Gasteiger partial charge in [-0.2, -0.15) is 0 Å². The molecule has 7 heteroatoms. The van der Waals surface area contributed by atoms with Gasteiger partial charge in [-0.3, -0.25) is 4.79 Å². The normalized spacial score (nSPS) is 17.7. The molecular formula is C19H28FN3O2S. The zero-order valence-corrected chi connectivity index (χ0v) is 16.9. The van der Waals surface area contributed by atoms with Crippen molar-refractivity contribution in [1.82, 2.24) is 15.1 Å². The first-order valence-electron chi connectivity index (χ1n) is 8.84. The molecule has 0 spiro atoms. The highest BCUT2D eigenvalue weighted by molar-refractivity contribution is 8.00. The van der Waals surface area contributed by atoms with Crippen LogP contribution in [-0.4, -0.2) is 52.2 Å². The Labute approximate surface area is 159 Å². The molecule has 1 saturated heterocycles. The van der Waals surface area contributed by atoms with Gasteiger partial charge in [0.2, 0.25) is 5.91 Å². The minimum atomic E-state index is -0.326. The number of rotatable bonds is 5. The van der Waals surface area contributed by atoms with Crippen LogP contribution < -0.4 is 5.32 Å². The number of benzene rings is 1. The van der Waals surface area contributed by atoms with Crippen LogP contribution in [0.4, 0.5) is 9.18 Å². The predicted octanol–water partition coefficient (Wildman–Crippen LogP) is 3.62. The maximum absolute atomic E-state index is 13.6. The van der Waals surface area contributed by atoms with Crippen LogP contribution in [0.15, 0.2) is 24.3 Å². The molecule has 1 aromatic rings. The van der Waals surface area contributed by atoms with Gasteiger partial charge in [-0.05, 0) is 52.3 Å². The number of urea groups is 1. The molecule has 0 aromatic heterocycles. The van der Waals surface area contributed by atoms with Crippen LogP contribution in [0.5, 0.6) is 0 Å². The second-order valence-corrected chi connectivity index (χ2v) is 8.84. The molecule has 1 aliphatic rings. The summed E-state index contributed by atoms with van der Waals surface area (Å²) in [6, 6.07) is 6.22. The number of carbonyl (C=O) groups excluding carboxylic acids is 2. The van der Waals surface area contributed by atoms with Crippen LogP contribution in [0.1, 0.15) is 45.6 Å². The fraction of sp³-hybridized carbons (Fsp3) is 0.579. The first-order valence-corrected chi connectivity index (χ1v) is 9.88. The summed E-state index contributed by atoms with van der Waals surface area (Å²) in [4.78, 5) is 28.3. The van der Waals surface area contributed by atoms with Crippen molar-refractivity contribution in [3.8, 4) is 0 Å². The summed E-state index contributed by atoms with van der Waals surface area (Å²) in [5.41, 5.74) is 0.448. The maximum atomic E-state index is 13.6. The topological polar surface area (TPSA) is 52.7 Å². The van der Waals surface area contributed by atoms with Crippen molar-refractivity contribution in [1.29, 1.82) is 0 Å². The first kappa shape index (κ1) is 20.6. The van der Waals surface area contributed by atoms with E-state index < -0.39 is 0 Å². The van der Waals surface area contributed by atoms with E-state index in [9.17, 15) is 14.0 Å². The smallest absolute Gasteiger partial charge is 0.318 e. The third-order valence-corrected chi connectivity index (χ3v) is 5.31. The lowest BCUT2D eigenvalue weighted by Crippen LogP contribution is -2.52. The van der Waals surface area contributed by atoms with Crippen molar-refractivity contribution in [2.75, 3.05) is 18.8 Å². The number of thioether (sulfide) groups is 1. The highest BCUT2D eigenvalue weighted by Gasteiger charge is 2.33. The standard InChI is InChI=1S/C19H28FN3O2S/c1-13(2)22(18(25)21-19(3,4)5)9-10-23-16(24)12-26-17(23)14-7-6-8-15(20)11-14/h6-8,11,13,17H,9-10,12H2,1-5H3,(H,21,25)/t17-/m1/s1. The van der Waals surface area contributed by atoms with Crippen LogP contribution in [0.25, 0.3) is 0 Å². The Hall–Kier alpha value is -1.76. The zero-order chi connectivity index (χ0) is 19.5. The van der Waals surface area contributed by atoms with Gasteiger partial charge in [0.25, 0.3) is 0 Å². The van der Waals surface area contributed by atoms with E-state index in [1.807, 2.05) is 40.7 Å². The minimum absolute atomic E-state index is 0.00956. The largest absolute Gasteiger partial charge is 0.333 e. The van der Waals surface area contributed by atoms with Gasteiger partial charge in [0.05, 0.1) is 5.75 Å². The van der Waals surface area contributed by atoms with E-state index in [2.05, 4.69) is 5.32 Å². The van der Waals surface area contributed by atoms with Crippen LogP contribution in [-0.2, 0) is 4.79 Å². The summed E-state index contributed by atoms with van der Waals surface area (Å²) in [6.45, 7) is 10.6. The van der Waals surface area contributed by atoms with E-state index in [0.29, 0.717) is 18.8 Å². The molecule has 1 N–H and O–H groups in total. The molecule has 1 fully saturated rings. The van der Waals surface area contributed by atoms with Crippen molar-refractivity contribution < 1.29 is 14.0 Å². The number of carbonyl (C=O) groups is 2. The fourth-order valence-electron chi connectivity index (χ4n) is 2.83. The minimum Gasteiger partial charge on any atom is -0.333 e. The van der Waals surface area contributed by atoms with Gasteiger partial charge in [-0.25, -0.2) is 9.18 Å². The van der Waals surface area contributed by atoms with E-state index in [0.717, 1.165) is 5.56 Å². The van der Waals surface area contributed by atoms with Crippen LogP contribution in [0.3, 0.4) is 0 Å². The molecule has 1 atom stereocenters. The van der Waals surface area contributed by atoms with Crippen molar-refractivity contribution >= 4 is 23.7 Å². The molecule has 0 saturated carbocycles. The number of nitrogens with one attached hydrogen (secondary N) is 1. The summed E-state index contributed by atoms with van der Waals surface area (Å²) in [6.07, 6.45) is 0. The van der Waals surface area contributed by atoms with E-state index in [1.165, 1.54) is 23.9 Å². The van der Waals surface area contributed by atoms with Gasteiger partial charge >= 0.3 is 6.03 Å². The molecule has 144 valence electrons. The number of hydrogen-bond donors (Lipinski definition) is 1. The number of amides is 3. The van der Waals surface area contributed by atoms with Gasteiger partial charge < -0.3 is 15.1 Å². The molecule has 3 amide bonds. The molecule has 1 aliphatic heterocycles. The zero-order valence-electron chi connectivity index (χ0n) is 16.1. The molecule has 0 aliphatic carbocycles. The monoisotopic (exact) mass is 381 g/mol. The first-order chi connectivity index (χ1) is 12.1. The third-order valence-electron chi connectivity index (χ3n) is 4.05. The van der Waals surface area contributed by atoms with Crippen molar-refractivity contribution in [3.63, 3.8) is 0 Å². The van der Waals surface area contributed by atoms with Gasteiger partial charge in [0.15, 0.2) is 0 Å².